The number of carbonyl (C=O) groups excluding carboxylic acids is 6. The Bertz CT molecular complexity index is 9050. The normalized spacial score (nSPS) is 12.2. The summed E-state index contributed by atoms with van der Waals surface area (Å²) in [6, 6.07) is 90.4. The van der Waals surface area contributed by atoms with Crippen LogP contribution in [0.15, 0.2) is 298 Å². The van der Waals surface area contributed by atoms with Gasteiger partial charge in [0.15, 0.2) is 28.9 Å². The Labute approximate surface area is 858 Å². The SMILES string of the molecule is Cc1cc(C)c(NC(=O)c2nc3c4c(cccc4n2)C(=O)C=C3)c(C)c1.Cc1ccc(Nc2cc(C)c3ncnc4c3c2C(=O)c2ccccc2-4)c(C)c1.Cc1ccc(Nc2ccc3nc(Nc4ccccc4)nc4c3c2C(=O)C=C4)c(C)c1.Cc1ccc(Nc2cccc3c2C(=O)c2cccc4nc(NCCO)nc-3c24)cc1.Cc1ccc(Nc2nc3c4c(c(Nc5ccc(C)cc5C)ccc4n2)C(=O)c2ccccc2-3)cc1. The molecule has 25 rings (SSSR count). The second-order valence-electron chi connectivity index (χ2n) is 37.8. The summed E-state index contributed by atoms with van der Waals surface area (Å²) in [7, 11) is 0. The summed E-state index contributed by atoms with van der Waals surface area (Å²) in [5, 5.41) is 39.3. The minimum atomic E-state index is -0.367. The van der Waals surface area contributed by atoms with Crippen LogP contribution in [-0.2, 0) is 0 Å². The van der Waals surface area contributed by atoms with E-state index in [9.17, 15) is 28.8 Å². The third-order valence-corrected chi connectivity index (χ3v) is 26.9. The van der Waals surface area contributed by atoms with Crippen molar-refractivity contribution in [2.75, 3.05) is 55.7 Å². The third kappa shape index (κ3) is 19.1. The number of benzene rings is 15. The molecule has 5 aliphatic rings. The van der Waals surface area contributed by atoms with E-state index < -0.39 is 0 Å². The Morgan fingerprint density at radius 2 is 0.725 bits per heavy atom. The van der Waals surface area contributed by atoms with Crippen LogP contribution < -0.4 is 42.5 Å². The first kappa shape index (κ1) is 96.0. The van der Waals surface area contributed by atoms with Crippen molar-refractivity contribution in [2.45, 2.75) is 83.1 Å². The van der Waals surface area contributed by atoms with E-state index in [-0.39, 0.29) is 47.3 Å². The molecule has 20 aromatic rings. The molecular weight excluding hydrogens is 1850 g/mol. The number of fused-ring (bicyclic) bond motifs is 6. The number of carbonyl (C=O) groups is 6. The van der Waals surface area contributed by atoms with Gasteiger partial charge < -0.3 is 47.6 Å². The fraction of sp³-hybridized carbons (Fsp3) is 0.113. The second-order valence-corrected chi connectivity index (χ2v) is 37.8. The number of nitrogens with one attached hydrogen (secondary N) is 8. The predicted octanol–water partition coefficient (Wildman–Crippen LogP) is 27.0. The number of hydrogen-bond donors (Lipinski definition) is 9. The summed E-state index contributed by atoms with van der Waals surface area (Å²) < 4.78 is 0. The molecule has 15 aromatic carbocycles. The number of para-hydroxylation sites is 1. The smallest absolute Gasteiger partial charge is 0.293 e. The molecule has 0 spiro atoms. The molecule has 0 saturated heterocycles. The van der Waals surface area contributed by atoms with Crippen LogP contribution in [0.25, 0.3) is 100 Å². The van der Waals surface area contributed by atoms with Crippen LogP contribution in [0.1, 0.15) is 157 Å². The molecule has 5 aromatic heterocycles. The van der Waals surface area contributed by atoms with Crippen molar-refractivity contribution in [3.8, 4) is 33.8 Å². The maximum atomic E-state index is 13.7. The number of aromatic nitrogens is 10. The van der Waals surface area contributed by atoms with Gasteiger partial charge in [0, 0.05) is 112 Å². The monoisotopic (exact) mass is 1950 g/mol. The number of aliphatic hydroxyl groups is 1. The predicted molar refractivity (Wildman–Crippen MR) is 596 cm³/mol. The zero-order valence-electron chi connectivity index (χ0n) is 83.7. The first-order valence-corrected chi connectivity index (χ1v) is 49.0. The Kier molecular flexibility index (Phi) is 25.9. The lowest BCUT2D eigenvalue weighted by molar-refractivity contribution is 0.101. The fourth-order valence-electron chi connectivity index (χ4n) is 19.8. The molecule has 5 heterocycles. The van der Waals surface area contributed by atoms with E-state index in [1.165, 1.54) is 33.9 Å². The molecule has 5 aliphatic carbocycles. The zero-order valence-corrected chi connectivity index (χ0v) is 83.7. The fourth-order valence-corrected chi connectivity index (χ4v) is 19.8. The molecule has 0 saturated carbocycles. The van der Waals surface area contributed by atoms with E-state index in [1.54, 1.807) is 42.8 Å². The van der Waals surface area contributed by atoms with E-state index in [0.29, 0.717) is 91.0 Å². The van der Waals surface area contributed by atoms with E-state index in [4.69, 9.17) is 20.1 Å². The molecule has 0 fully saturated rings. The molecule has 1 amide bonds. The van der Waals surface area contributed by atoms with Crippen molar-refractivity contribution in [3.63, 3.8) is 0 Å². The maximum Gasteiger partial charge on any atom is 0.293 e. The van der Waals surface area contributed by atoms with Crippen LogP contribution in [0.3, 0.4) is 0 Å². The minimum Gasteiger partial charge on any atom is -0.395 e. The number of ketones is 5. The van der Waals surface area contributed by atoms with Gasteiger partial charge in [-0.3, -0.25) is 28.8 Å². The largest absolute Gasteiger partial charge is 0.395 e. The van der Waals surface area contributed by atoms with E-state index in [1.807, 2.05) is 247 Å². The topological polar surface area (TPSA) is 348 Å². The molecule has 149 heavy (non-hydrogen) atoms. The van der Waals surface area contributed by atoms with Crippen molar-refractivity contribution in [2.24, 2.45) is 0 Å². The highest BCUT2D eigenvalue weighted by Gasteiger charge is 2.35. The minimum absolute atomic E-state index is 0.00941. The van der Waals surface area contributed by atoms with Crippen molar-refractivity contribution >= 4 is 182 Å². The lowest BCUT2D eigenvalue weighted by atomic mass is 9.85. The van der Waals surface area contributed by atoms with Crippen molar-refractivity contribution in [1.82, 2.24) is 49.8 Å². The summed E-state index contributed by atoms with van der Waals surface area (Å²) in [6.45, 7) is 24.8. The molecular formula is C124H100N18O7. The van der Waals surface area contributed by atoms with Crippen LogP contribution in [0, 0.1) is 83.1 Å². The molecule has 728 valence electrons. The first-order chi connectivity index (χ1) is 72.2. The van der Waals surface area contributed by atoms with Crippen molar-refractivity contribution in [1.29, 1.82) is 0 Å². The van der Waals surface area contributed by atoms with Gasteiger partial charge in [0.2, 0.25) is 23.7 Å². The van der Waals surface area contributed by atoms with Gasteiger partial charge in [-0.05, 0) is 244 Å². The lowest BCUT2D eigenvalue weighted by Crippen LogP contribution is -2.18. The van der Waals surface area contributed by atoms with Gasteiger partial charge in [0.05, 0.1) is 108 Å². The summed E-state index contributed by atoms with van der Waals surface area (Å²) in [4.78, 5) is 124. The van der Waals surface area contributed by atoms with Gasteiger partial charge in [-0.2, -0.15) is 0 Å². The van der Waals surface area contributed by atoms with E-state index >= 15 is 0 Å². The van der Waals surface area contributed by atoms with Gasteiger partial charge in [0.1, 0.15) is 6.33 Å². The molecule has 0 atom stereocenters. The average molecular weight is 1950 g/mol. The highest BCUT2D eigenvalue weighted by Crippen LogP contribution is 2.48. The van der Waals surface area contributed by atoms with Gasteiger partial charge in [-0.15, -0.1) is 0 Å². The Morgan fingerprint density at radius 1 is 0.282 bits per heavy atom. The number of rotatable bonds is 17. The average Bonchev–Trinajstić information content (AvgIpc) is 0.726. The van der Waals surface area contributed by atoms with Crippen LogP contribution in [0.2, 0.25) is 0 Å². The summed E-state index contributed by atoms with van der Waals surface area (Å²) in [6.07, 6.45) is 8.02. The third-order valence-electron chi connectivity index (χ3n) is 26.9. The number of aliphatic hydroxyl groups excluding tert-OH is 1. The second kappa shape index (κ2) is 40.2. The number of nitrogens with zero attached hydrogens (tertiary/aromatic N) is 10. The molecule has 25 nitrogen and oxygen atoms in total. The van der Waals surface area contributed by atoms with E-state index in [0.717, 1.165) is 179 Å². The van der Waals surface area contributed by atoms with E-state index in [2.05, 4.69) is 174 Å². The summed E-state index contributed by atoms with van der Waals surface area (Å²) >= 11 is 0. The van der Waals surface area contributed by atoms with Crippen molar-refractivity contribution in [3.05, 3.63) is 426 Å². The molecule has 0 aliphatic heterocycles. The number of hydrogen-bond acceptors (Lipinski definition) is 24. The van der Waals surface area contributed by atoms with Crippen LogP contribution in [-0.4, -0.2) is 103 Å². The molecule has 25 heteroatoms. The van der Waals surface area contributed by atoms with Gasteiger partial charge >= 0.3 is 0 Å². The Hall–Kier alpha value is -19.1. The number of aryl methyl sites for hydroxylation is 12. The van der Waals surface area contributed by atoms with Crippen LogP contribution >= 0.6 is 0 Å². The zero-order chi connectivity index (χ0) is 103. The molecule has 0 bridgehead atoms. The van der Waals surface area contributed by atoms with Gasteiger partial charge in [-0.1, -0.05) is 209 Å². The highest BCUT2D eigenvalue weighted by molar-refractivity contribution is 6.31. The number of anilines is 14. The number of allylic oxidation sites excluding steroid dienone is 2. The van der Waals surface area contributed by atoms with Crippen molar-refractivity contribution < 1.29 is 33.9 Å². The first-order valence-electron chi connectivity index (χ1n) is 49.0. The van der Waals surface area contributed by atoms with Crippen LogP contribution in [0.5, 0.6) is 0 Å². The molecule has 0 unspecified atom stereocenters. The molecule has 9 N–H and O–H groups in total. The summed E-state index contributed by atoms with van der Waals surface area (Å²) in [5.74, 6) is 0.979. The Morgan fingerprint density at radius 3 is 1.33 bits per heavy atom. The lowest BCUT2D eigenvalue weighted by Gasteiger charge is -2.23. The van der Waals surface area contributed by atoms with Gasteiger partial charge in [0.25, 0.3) is 5.91 Å². The quantitative estimate of drug-likeness (QED) is 0.0409. The standard InChI is InChI=1S/C30H24N4O.C25H20N4O.C24H20N4O2.C24H19N3O.C21H17N3O2/c1-17-8-11-20(12-9-17)31-30-33-24-14-15-25(32-23-13-10-18(2)16-19(23)3)27-26(24)28(34-30)21-6-4-5-7-22(21)29(27)35;1-15-8-9-18(16(2)14-15)27-21-11-10-19-23-20(12-13-22(30)24(21)23)29-25(28-19)26-17-6-4-3-5-7-17;1-14-8-10-15(11-9-14)26-19-7-2-4-16-21(19)23(30)17-5-3-6-18-20(17)22(16)28-24(27-18)25-12-13-29;1-13-8-9-18(14(2)10-13)27-19-11-15(3)22-21-20(19)24(28)17-7-5-4-6-16(17)23(21)26-12-25-22;1-11-9-12(2)19(13(3)10-11)24-21(26)20-22-15-6-4-5-14-17(25)8-7-16(23-20)18(14)15/h4-16,32H,1-3H3,(H,31,33,34);3-14,27H,1-2H3,(H,26,28,29);2-11,26,29H,12-13H2,1H3,(H,25,27,28);4-12,27H,1-3H3;4-10H,1-3H3,(H,24,26). The van der Waals surface area contributed by atoms with Gasteiger partial charge in [-0.25, -0.2) is 49.8 Å². The number of amides is 1. The maximum absolute atomic E-state index is 13.7. The highest BCUT2D eigenvalue weighted by atomic mass is 16.3. The Balaban J connectivity index is 0.000000109. The van der Waals surface area contributed by atoms with Crippen LogP contribution in [0.4, 0.5) is 80.4 Å². The summed E-state index contributed by atoms with van der Waals surface area (Å²) in [5.41, 5.74) is 37.7. The molecule has 0 radical (unpaired) electrons.